The van der Waals surface area contributed by atoms with E-state index in [0.29, 0.717) is 24.1 Å². The fourth-order valence-electron chi connectivity index (χ4n) is 2.01. The first kappa shape index (κ1) is 15.7. The molecule has 1 unspecified atom stereocenters. The largest absolute Gasteiger partial charge is 0.398 e. The number of methoxy groups -OCH3 is 1. The molecule has 20 heavy (non-hydrogen) atoms. The second kappa shape index (κ2) is 5.98. The van der Waals surface area contributed by atoms with Gasteiger partial charge in [-0.1, -0.05) is 15.9 Å². The van der Waals surface area contributed by atoms with E-state index in [1.54, 1.807) is 19.2 Å². The van der Waals surface area contributed by atoms with Gasteiger partial charge in [-0.2, -0.15) is 0 Å². The van der Waals surface area contributed by atoms with Crippen LogP contribution in [0.2, 0.25) is 0 Å². The SMILES string of the molecule is COC1(CNS(=O)(=O)c2cc(Br)ccc2N)CCOC1. The lowest BCUT2D eigenvalue weighted by molar-refractivity contribution is -0.0120. The highest BCUT2D eigenvalue weighted by atomic mass is 79.9. The average Bonchev–Trinajstić information content (AvgIpc) is 2.89. The Morgan fingerprint density at radius 2 is 2.30 bits per heavy atom. The summed E-state index contributed by atoms with van der Waals surface area (Å²) in [4.78, 5) is 0.0528. The van der Waals surface area contributed by atoms with Crippen LogP contribution in [0.5, 0.6) is 0 Å². The minimum atomic E-state index is -3.69. The Balaban J connectivity index is 2.17. The van der Waals surface area contributed by atoms with Crippen LogP contribution in [0.15, 0.2) is 27.6 Å². The Morgan fingerprint density at radius 1 is 1.55 bits per heavy atom. The Kier molecular flexibility index (Phi) is 4.70. The quantitative estimate of drug-likeness (QED) is 0.763. The molecule has 1 saturated heterocycles. The molecule has 0 spiro atoms. The molecule has 1 aromatic carbocycles. The number of nitrogen functional groups attached to an aromatic ring is 1. The molecule has 0 aromatic heterocycles. The molecule has 0 bridgehead atoms. The number of hydrogen-bond acceptors (Lipinski definition) is 5. The monoisotopic (exact) mass is 364 g/mol. The van der Waals surface area contributed by atoms with Gasteiger partial charge in [0.25, 0.3) is 0 Å². The summed E-state index contributed by atoms with van der Waals surface area (Å²) in [7, 11) is -2.14. The summed E-state index contributed by atoms with van der Waals surface area (Å²) in [5.74, 6) is 0. The zero-order valence-electron chi connectivity index (χ0n) is 11.1. The second-order valence-electron chi connectivity index (χ2n) is 4.70. The molecule has 1 atom stereocenters. The van der Waals surface area contributed by atoms with Gasteiger partial charge in [0.2, 0.25) is 10.0 Å². The van der Waals surface area contributed by atoms with E-state index in [-0.39, 0.29) is 17.1 Å². The van der Waals surface area contributed by atoms with E-state index in [9.17, 15) is 8.42 Å². The predicted octanol–water partition coefficient (Wildman–Crippen LogP) is 1.12. The van der Waals surface area contributed by atoms with E-state index in [4.69, 9.17) is 15.2 Å². The molecule has 2 rings (SSSR count). The maximum absolute atomic E-state index is 12.3. The first-order chi connectivity index (χ1) is 9.38. The van der Waals surface area contributed by atoms with Crippen LogP contribution in [0.4, 0.5) is 5.69 Å². The average molecular weight is 365 g/mol. The van der Waals surface area contributed by atoms with E-state index in [1.165, 1.54) is 6.07 Å². The Morgan fingerprint density at radius 3 is 2.90 bits per heavy atom. The lowest BCUT2D eigenvalue weighted by atomic mass is 10.0. The number of nitrogens with one attached hydrogen (secondary N) is 1. The van der Waals surface area contributed by atoms with Gasteiger partial charge in [0.15, 0.2) is 0 Å². The lowest BCUT2D eigenvalue weighted by Crippen LogP contribution is -2.45. The number of ether oxygens (including phenoxy) is 2. The van der Waals surface area contributed by atoms with Gasteiger partial charge in [0.05, 0.1) is 12.3 Å². The van der Waals surface area contributed by atoms with Gasteiger partial charge in [-0.3, -0.25) is 0 Å². The molecule has 0 amide bonds. The minimum absolute atomic E-state index is 0.0528. The summed E-state index contributed by atoms with van der Waals surface area (Å²) in [6.45, 7) is 1.09. The van der Waals surface area contributed by atoms with E-state index in [2.05, 4.69) is 20.7 Å². The number of sulfonamides is 1. The second-order valence-corrected chi connectivity index (χ2v) is 7.35. The zero-order valence-corrected chi connectivity index (χ0v) is 13.5. The van der Waals surface area contributed by atoms with Crippen molar-refractivity contribution in [2.45, 2.75) is 16.9 Å². The summed E-state index contributed by atoms with van der Waals surface area (Å²) < 4.78 is 38.5. The van der Waals surface area contributed by atoms with Gasteiger partial charge in [-0.15, -0.1) is 0 Å². The van der Waals surface area contributed by atoms with Crippen LogP contribution in [0.3, 0.4) is 0 Å². The summed E-state index contributed by atoms with van der Waals surface area (Å²) in [6, 6.07) is 4.71. The topological polar surface area (TPSA) is 90.7 Å². The predicted molar refractivity (Wildman–Crippen MR) is 78.9 cm³/mol. The van der Waals surface area contributed by atoms with Crippen molar-refractivity contribution in [3.05, 3.63) is 22.7 Å². The smallest absolute Gasteiger partial charge is 0.242 e. The maximum atomic E-state index is 12.3. The van der Waals surface area contributed by atoms with Crippen molar-refractivity contribution in [2.24, 2.45) is 0 Å². The molecule has 3 N–H and O–H groups in total. The summed E-state index contributed by atoms with van der Waals surface area (Å²) in [6.07, 6.45) is 0.653. The van der Waals surface area contributed by atoms with Gasteiger partial charge < -0.3 is 15.2 Å². The third kappa shape index (κ3) is 3.32. The fourth-order valence-corrected chi connectivity index (χ4v) is 3.79. The lowest BCUT2D eigenvalue weighted by Gasteiger charge is -2.25. The van der Waals surface area contributed by atoms with Crippen molar-refractivity contribution in [1.29, 1.82) is 0 Å². The molecule has 1 aliphatic heterocycles. The molecule has 1 aliphatic rings. The zero-order chi connectivity index (χ0) is 14.8. The molecule has 112 valence electrons. The summed E-state index contributed by atoms with van der Waals surface area (Å²) in [5.41, 5.74) is 5.33. The molecule has 0 radical (unpaired) electrons. The van der Waals surface area contributed by atoms with Gasteiger partial charge in [-0.05, 0) is 18.2 Å². The molecule has 0 saturated carbocycles. The van der Waals surface area contributed by atoms with Crippen molar-refractivity contribution in [2.75, 3.05) is 32.6 Å². The third-order valence-electron chi connectivity index (χ3n) is 3.35. The number of nitrogens with two attached hydrogens (primary N) is 1. The normalized spacial score (nSPS) is 23.1. The van der Waals surface area contributed by atoms with Crippen LogP contribution in [-0.4, -0.2) is 40.9 Å². The van der Waals surface area contributed by atoms with Crippen molar-refractivity contribution in [3.8, 4) is 0 Å². The highest BCUT2D eigenvalue weighted by Gasteiger charge is 2.36. The molecule has 8 heteroatoms. The van der Waals surface area contributed by atoms with Crippen molar-refractivity contribution >= 4 is 31.6 Å². The van der Waals surface area contributed by atoms with Crippen LogP contribution in [0.1, 0.15) is 6.42 Å². The van der Waals surface area contributed by atoms with Gasteiger partial charge in [-0.25, -0.2) is 13.1 Å². The first-order valence-electron chi connectivity index (χ1n) is 6.06. The van der Waals surface area contributed by atoms with Crippen molar-refractivity contribution in [3.63, 3.8) is 0 Å². The number of rotatable bonds is 5. The van der Waals surface area contributed by atoms with E-state index >= 15 is 0 Å². The number of halogens is 1. The fraction of sp³-hybridized carbons (Fsp3) is 0.500. The summed E-state index contributed by atoms with van der Waals surface area (Å²) >= 11 is 3.24. The molecule has 1 aromatic rings. The van der Waals surface area contributed by atoms with Crippen LogP contribution >= 0.6 is 15.9 Å². The van der Waals surface area contributed by atoms with Crippen molar-refractivity contribution in [1.82, 2.24) is 4.72 Å². The number of benzene rings is 1. The Labute approximate surface area is 126 Å². The summed E-state index contributed by atoms with van der Waals surface area (Å²) in [5, 5.41) is 0. The third-order valence-corrected chi connectivity index (χ3v) is 5.30. The van der Waals surface area contributed by atoms with Gasteiger partial charge in [0.1, 0.15) is 10.5 Å². The molecular weight excluding hydrogens is 348 g/mol. The van der Waals surface area contributed by atoms with Crippen molar-refractivity contribution < 1.29 is 17.9 Å². The van der Waals surface area contributed by atoms with E-state index < -0.39 is 15.6 Å². The standard InChI is InChI=1S/C12H17BrN2O4S/c1-18-12(4-5-19-8-12)7-15-20(16,17)11-6-9(13)2-3-10(11)14/h2-3,6,15H,4-5,7-8,14H2,1H3. The molecule has 0 aliphatic carbocycles. The molecule has 6 nitrogen and oxygen atoms in total. The minimum Gasteiger partial charge on any atom is -0.398 e. The number of hydrogen-bond donors (Lipinski definition) is 2. The van der Waals surface area contributed by atoms with Gasteiger partial charge >= 0.3 is 0 Å². The molecule has 1 fully saturated rings. The highest BCUT2D eigenvalue weighted by molar-refractivity contribution is 9.10. The molecular formula is C12H17BrN2O4S. The first-order valence-corrected chi connectivity index (χ1v) is 8.34. The Hall–Kier alpha value is -0.670. The van der Waals surface area contributed by atoms with Crippen LogP contribution in [0, 0.1) is 0 Å². The van der Waals surface area contributed by atoms with Crippen LogP contribution < -0.4 is 10.5 Å². The Bertz CT molecular complexity index is 585. The highest BCUT2D eigenvalue weighted by Crippen LogP contribution is 2.25. The number of anilines is 1. The van der Waals surface area contributed by atoms with E-state index in [0.717, 1.165) is 0 Å². The van der Waals surface area contributed by atoms with Gasteiger partial charge in [0, 0.05) is 31.2 Å². The van der Waals surface area contributed by atoms with E-state index in [1.807, 2.05) is 0 Å². The maximum Gasteiger partial charge on any atom is 0.242 e. The molecule has 1 heterocycles. The van der Waals surface area contributed by atoms with Crippen LogP contribution in [0.25, 0.3) is 0 Å². The van der Waals surface area contributed by atoms with Crippen LogP contribution in [-0.2, 0) is 19.5 Å².